The van der Waals surface area contributed by atoms with E-state index in [1.807, 2.05) is 0 Å². The first-order chi connectivity index (χ1) is 9.95. The van der Waals surface area contributed by atoms with Crippen LogP contribution in [-0.2, 0) is 11.3 Å². The van der Waals surface area contributed by atoms with E-state index in [1.54, 1.807) is 6.92 Å². The zero-order valence-corrected chi connectivity index (χ0v) is 11.5. The Kier molecular flexibility index (Phi) is 4.32. The Morgan fingerprint density at radius 3 is 2.90 bits per heavy atom. The van der Waals surface area contributed by atoms with Gasteiger partial charge in [0.15, 0.2) is 0 Å². The van der Waals surface area contributed by atoms with Gasteiger partial charge in [0.05, 0.1) is 12.0 Å². The number of anilines is 2. The third-order valence-electron chi connectivity index (χ3n) is 2.86. The van der Waals surface area contributed by atoms with Crippen molar-refractivity contribution in [3.05, 3.63) is 52.5 Å². The predicted molar refractivity (Wildman–Crippen MR) is 77.3 cm³/mol. The molecule has 1 aromatic carbocycles. The van der Waals surface area contributed by atoms with Crippen LogP contribution >= 0.6 is 0 Å². The van der Waals surface area contributed by atoms with Crippen molar-refractivity contribution in [2.24, 2.45) is 0 Å². The average molecular weight is 290 g/mol. The van der Waals surface area contributed by atoms with Gasteiger partial charge in [-0.15, -0.1) is 0 Å². The van der Waals surface area contributed by atoms with Crippen molar-refractivity contribution >= 4 is 17.3 Å². The Hall–Kier alpha value is -2.70. The molecule has 3 N–H and O–H groups in total. The first kappa shape index (κ1) is 14.7. The number of carbonyl (C=O) groups is 1. The van der Waals surface area contributed by atoms with Crippen LogP contribution in [0.3, 0.4) is 0 Å². The number of benzene rings is 1. The van der Waals surface area contributed by atoms with Crippen LogP contribution in [0.2, 0.25) is 0 Å². The number of nitrogens with two attached hydrogens (primary N) is 1. The van der Waals surface area contributed by atoms with Gasteiger partial charge in [0.1, 0.15) is 5.82 Å². The third-order valence-corrected chi connectivity index (χ3v) is 2.86. The van der Waals surface area contributed by atoms with E-state index in [9.17, 15) is 14.0 Å². The molecule has 7 heteroatoms. The Labute approximate surface area is 120 Å². The van der Waals surface area contributed by atoms with E-state index < -0.39 is 11.7 Å². The Bertz CT molecular complexity index is 727. The molecule has 1 amide bonds. The second-order valence-corrected chi connectivity index (χ2v) is 4.60. The minimum atomic E-state index is -0.563. The SMILES string of the molecule is Cc1cc(=O)n(CCC(=O)Nc2cc(N)ccc2F)cn1. The lowest BCUT2D eigenvalue weighted by Gasteiger charge is -2.08. The van der Waals surface area contributed by atoms with Gasteiger partial charge in [0, 0.05) is 30.4 Å². The fourth-order valence-corrected chi connectivity index (χ4v) is 1.76. The number of rotatable bonds is 4. The van der Waals surface area contributed by atoms with Gasteiger partial charge in [-0.1, -0.05) is 0 Å². The first-order valence-electron chi connectivity index (χ1n) is 6.33. The van der Waals surface area contributed by atoms with Crippen LogP contribution in [0.15, 0.2) is 35.4 Å². The summed E-state index contributed by atoms with van der Waals surface area (Å²) in [6.45, 7) is 1.88. The number of hydrogen-bond donors (Lipinski definition) is 2. The molecule has 0 aliphatic rings. The zero-order chi connectivity index (χ0) is 15.4. The van der Waals surface area contributed by atoms with E-state index in [0.29, 0.717) is 11.4 Å². The van der Waals surface area contributed by atoms with Crippen molar-refractivity contribution in [1.82, 2.24) is 9.55 Å². The largest absolute Gasteiger partial charge is 0.399 e. The molecule has 0 fully saturated rings. The van der Waals surface area contributed by atoms with Crippen LogP contribution < -0.4 is 16.6 Å². The summed E-state index contributed by atoms with van der Waals surface area (Å²) < 4.78 is 14.8. The molecule has 0 atom stereocenters. The lowest BCUT2D eigenvalue weighted by atomic mass is 10.2. The summed E-state index contributed by atoms with van der Waals surface area (Å²) in [6, 6.07) is 5.31. The van der Waals surface area contributed by atoms with Gasteiger partial charge in [-0.05, 0) is 25.1 Å². The highest BCUT2D eigenvalue weighted by molar-refractivity contribution is 5.91. The van der Waals surface area contributed by atoms with Crippen molar-refractivity contribution in [1.29, 1.82) is 0 Å². The minimum Gasteiger partial charge on any atom is -0.399 e. The lowest BCUT2D eigenvalue weighted by Crippen LogP contribution is -2.23. The van der Waals surface area contributed by atoms with Crippen LogP contribution in [0.5, 0.6) is 0 Å². The molecule has 110 valence electrons. The number of nitrogens with zero attached hydrogens (tertiary/aromatic N) is 2. The number of nitrogen functional groups attached to an aromatic ring is 1. The highest BCUT2D eigenvalue weighted by Crippen LogP contribution is 2.17. The number of nitrogens with one attached hydrogen (secondary N) is 1. The quantitative estimate of drug-likeness (QED) is 0.830. The number of aromatic nitrogens is 2. The minimum absolute atomic E-state index is 0.0226. The topological polar surface area (TPSA) is 90.0 Å². The van der Waals surface area contributed by atoms with Gasteiger partial charge < -0.3 is 11.1 Å². The highest BCUT2D eigenvalue weighted by atomic mass is 19.1. The van der Waals surface area contributed by atoms with Crippen molar-refractivity contribution < 1.29 is 9.18 Å². The molecule has 21 heavy (non-hydrogen) atoms. The third kappa shape index (κ3) is 3.88. The molecule has 1 aromatic heterocycles. The number of halogens is 1. The molecule has 0 unspecified atom stereocenters. The van der Waals surface area contributed by atoms with Gasteiger partial charge in [0.25, 0.3) is 5.56 Å². The van der Waals surface area contributed by atoms with E-state index in [2.05, 4.69) is 10.3 Å². The maximum absolute atomic E-state index is 13.5. The molecule has 0 bridgehead atoms. The molecule has 0 aliphatic heterocycles. The maximum Gasteiger partial charge on any atom is 0.253 e. The van der Waals surface area contributed by atoms with E-state index in [4.69, 9.17) is 5.73 Å². The normalized spacial score (nSPS) is 10.4. The summed E-state index contributed by atoms with van der Waals surface area (Å²) in [7, 11) is 0. The zero-order valence-electron chi connectivity index (χ0n) is 11.5. The number of amides is 1. The summed E-state index contributed by atoms with van der Waals surface area (Å²) in [4.78, 5) is 27.4. The molecule has 0 aliphatic carbocycles. The molecule has 0 radical (unpaired) electrons. The summed E-state index contributed by atoms with van der Waals surface area (Å²) in [5.41, 5.74) is 6.29. The predicted octanol–water partition coefficient (Wildman–Crippen LogP) is 1.30. The molecule has 0 saturated carbocycles. The molecule has 1 heterocycles. The van der Waals surface area contributed by atoms with Crippen LogP contribution in [-0.4, -0.2) is 15.5 Å². The van der Waals surface area contributed by atoms with E-state index >= 15 is 0 Å². The summed E-state index contributed by atoms with van der Waals surface area (Å²) in [5.74, 6) is -0.973. The fourth-order valence-electron chi connectivity index (χ4n) is 1.76. The second-order valence-electron chi connectivity index (χ2n) is 4.60. The smallest absolute Gasteiger partial charge is 0.253 e. The Balaban J connectivity index is 1.99. The van der Waals surface area contributed by atoms with Gasteiger partial charge in [0.2, 0.25) is 5.91 Å². The molecule has 2 rings (SSSR count). The molecular weight excluding hydrogens is 275 g/mol. The van der Waals surface area contributed by atoms with Crippen molar-refractivity contribution in [3.8, 4) is 0 Å². The standard InChI is InChI=1S/C14H15FN4O2/c1-9-6-14(21)19(8-17-9)5-4-13(20)18-12-7-10(16)2-3-11(12)15/h2-3,6-8H,4-5,16H2,1H3,(H,18,20). The molecule has 0 spiro atoms. The molecule has 6 nitrogen and oxygen atoms in total. The Morgan fingerprint density at radius 2 is 2.19 bits per heavy atom. The lowest BCUT2D eigenvalue weighted by molar-refractivity contribution is -0.116. The van der Waals surface area contributed by atoms with Crippen LogP contribution in [0.4, 0.5) is 15.8 Å². The van der Waals surface area contributed by atoms with Gasteiger partial charge in [-0.3, -0.25) is 14.2 Å². The van der Waals surface area contributed by atoms with E-state index in [0.717, 1.165) is 0 Å². The van der Waals surface area contributed by atoms with Crippen molar-refractivity contribution in [3.63, 3.8) is 0 Å². The van der Waals surface area contributed by atoms with E-state index in [1.165, 1.54) is 35.2 Å². The van der Waals surface area contributed by atoms with Crippen LogP contribution in [0.1, 0.15) is 12.1 Å². The van der Waals surface area contributed by atoms with Gasteiger partial charge in [-0.25, -0.2) is 9.37 Å². The van der Waals surface area contributed by atoms with Crippen molar-refractivity contribution in [2.45, 2.75) is 19.9 Å². The maximum atomic E-state index is 13.5. The first-order valence-corrected chi connectivity index (χ1v) is 6.33. The van der Waals surface area contributed by atoms with E-state index in [-0.39, 0.29) is 24.2 Å². The number of hydrogen-bond acceptors (Lipinski definition) is 4. The average Bonchev–Trinajstić information content (AvgIpc) is 2.42. The van der Waals surface area contributed by atoms with Gasteiger partial charge >= 0.3 is 0 Å². The summed E-state index contributed by atoms with van der Waals surface area (Å²) in [5, 5.41) is 2.42. The number of carbonyl (C=O) groups excluding carboxylic acids is 1. The molecule has 0 saturated heterocycles. The number of aryl methyl sites for hydroxylation is 2. The monoisotopic (exact) mass is 290 g/mol. The van der Waals surface area contributed by atoms with Crippen LogP contribution in [0, 0.1) is 12.7 Å². The molecular formula is C14H15FN4O2. The van der Waals surface area contributed by atoms with Gasteiger partial charge in [-0.2, -0.15) is 0 Å². The highest BCUT2D eigenvalue weighted by Gasteiger charge is 2.08. The second kappa shape index (κ2) is 6.17. The summed E-state index contributed by atoms with van der Waals surface area (Å²) in [6.07, 6.45) is 1.41. The summed E-state index contributed by atoms with van der Waals surface area (Å²) >= 11 is 0. The fraction of sp³-hybridized carbons (Fsp3) is 0.214. The van der Waals surface area contributed by atoms with Crippen LogP contribution in [0.25, 0.3) is 0 Å². The van der Waals surface area contributed by atoms with Crippen molar-refractivity contribution in [2.75, 3.05) is 11.1 Å². The Morgan fingerprint density at radius 1 is 1.43 bits per heavy atom. The molecule has 2 aromatic rings.